The van der Waals surface area contributed by atoms with Crippen molar-refractivity contribution in [2.75, 3.05) is 20.2 Å². The van der Waals surface area contributed by atoms with Crippen LogP contribution in [0, 0.1) is 12.7 Å². The zero-order valence-electron chi connectivity index (χ0n) is 16.6. The van der Waals surface area contributed by atoms with E-state index in [1.54, 1.807) is 12.1 Å². The van der Waals surface area contributed by atoms with Crippen LogP contribution in [0.3, 0.4) is 0 Å². The average Bonchev–Trinajstić information content (AvgIpc) is 3.26. The summed E-state index contributed by atoms with van der Waals surface area (Å²) >= 11 is 0. The van der Waals surface area contributed by atoms with E-state index < -0.39 is 0 Å². The summed E-state index contributed by atoms with van der Waals surface area (Å²) in [4.78, 5) is 6.69. The molecule has 2 heterocycles. The molecule has 3 rings (SSSR count). The highest BCUT2D eigenvalue weighted by Crippen LogP contribution is 2.11. The van der Waals surface area contributed by atoms with Gasteiger partial charge in [-0.3, -0.25) is 0 Å². The van der Waals surface area contributed by atoms with Crippen LogP contribution in [-0.4, -0.2) is 51.9 Å². The van der Waals surface area contributed by atoms with Gasteiger partial charge >= 0.3 is 0 Å². The van der Waals surface area contributed by atoms with Gasteiger partial charge in [-0.25, -0.2) is 9.38 Å². The van der Waals surface area contributed by atoms with Crippen molar-refractivity contribution >= 4 is 29.9 Å². The highest BCUT2D eigenvalue weighted by Gasteiger charge is 2.17. The molecule has 1 aliphatic heterocycles. The summed E-state index contributed by atoms with van der Waals surface area (Å²) in [5.41, 5.74) is 0.888. The minimum absolute atomic E-state index is 0. The lowest BCUT2D eigenvalue weighted by molar-refractivity contribution is 0.113. The molecule has 1 fully saturated rings. The largest absolute Gasteiger partial charge is 0.376 e. The molecule has 154 valence electrons. The van der Waals surface area contributed by atoms with E-state index in [1.165, 1.54) is 6.07 Å². The molecule has 1 saturated heterocycles. The van der Waals surface area contributed by atoms with E-state index in [9.17, 15) is 4.39 Å². The maximum Gasteiger partial charge on any atom is 0.194 e. The lowest BCUT2D eigenvalue weighted by Gasteiger charge is -2.24. The van der Waals surface area contributed by atoms with Crippen molar-refractivity contribution < 1.29 is 9.13 Å². The van der Waals surface area contributed by atoms with Gasteiger partial charge in [0.25, 0.3) is 0 Å². The van der Waals surface area contributed by atoms with Crippen LogP contribution in [0.25, 0.3) is 0 Å². The van der Waals surface area contributed by atoms with Crippen molar-refractivity contribution in [3.05, 3.63) is 47.3 Å². The Labute approximate surface area is 182 Å². The van der Waals surface area contributed by atoms with Gasteiger partial charge in [-0.1, -0.05) is 12.1 Å². The maximum atomic E-state index is 13.5. The number of hydrogen-bond donors (Lipinski definition) is 1. The molecular weight excluding hydrogens is 474 g/mol. The van der Waals surface area contributed by atoms with E-state index in [1.807, 2.05) is 36.6 Å². The van der Waals surface area contributed by atoms with Crippen molar-refractivity contribution in [2.24, 2.45) is 12.0 Å². The first-order chi connectivity index (χ1) is 13.0. The van der Waals surface area contributed by atoms with E-state index in [0.717, 1.165) is 42.6 Å². The number of nitrogens with zero attached hydrogens (tertiary/aromatic N) is 5. The summed E-state index contributed by atoms with van der Waals surface area (Å²) in [5, 5.41) is 11.6. The lowest BCUT2D eigenvalue weighted by Crippen LogP contribution is -2.42. The van der Waals surface area contributed by atoms with Gasteiger partial charge < -0.3 is 19.5 Å². The van der Waals surface area contributed by atoms with Crippen LogP contribution in [0.2, 0.25) is 0 Å². The van der Waals surface area contributed by atoms with Gasteiger partial charge in [0.15, 0.2) is 11.8 Å². The Kier molecular flexibility index (Phi) is 8.61. The number of nitrogens with one attached hydrogen (secondary N) is 1. The molecule has 2 aromatic rings. The standard InChI is InChI=1S/C19H27FN6O.HI/c1-14-23-24-18(26(14)3)12-22-19(21-11-17-8-5-9-27-17)25(2)13-15-6-4-7-16(20)10-15;/h4,6-7,10,17H,5,8-9,11-13H2,1-3H3,(H,21,22);1H. The predicted octanol–water partition coefficient (Wildman–Crippen LogP) is 2.64. The smallest absolute Gasteiger partial charge is 0.194 e. The number of ether oxygens (including phenoxy) is 1. The number of aromatic nitrogens is 3. The van der Waals surface area contributed by atoms with Crippen molar-refractivity contribution in [3.8, 4) is 0 Å². The van der Waals surface area contributed by atoms with Gasteiger partial charge in [-0.2, -0.15) is 0 Å². The molecule has 0 aliphatic carbocycles. The summed E-state index contributed by atoms with van der Waals surface area (Å²) in [6.45, 7) is 4.39. The monoisotopic (exact) mass is 502 g/mol. The Morgan fingerprint density at radius 2 is 2.25 bits per heavy atom. The predicted molar refractivity (Wildman–Crippen MR) is 117 cm³/mol. The summed E-state index contributed by atoms with van der Waals surface area (Å²) < 4.78 is 21.1. The highest BCUT2D eigenvalue weighted by molar-refractivity contribution is 14.0. The summed E-state index contributed by atoms with van der Waals surface area (Å²) in [6, 6.07) is 6.62. The second kappa shape index (κ2) is 10.7. The van der Waals surface area contributed by atoms with Gasteiger partial charge in [0.2, 0.25) is 0 Å². The van der Waals surface area contributed by atoms with Crippen molar-refractivity contribution in [1.82, 2.24) is 25.0 Å². The first kappa shape index (κ1) is 22.5. The molecule has 1 aromatic heterocycles. The zero-order valence-corrected chi connectivity index (χ0v) is 18.9. The molecule has 1 unspecified atom stereocenters. The molecule has 9 heteroatoms. The lowest BCUT2D eigenvalue weighted by atomic mass is 10.2. The minimum atomic E-state index is -0.235. The first-order valence-corrected chi connectivity index (χ1v) is 9.23. The molecule has 1 N–H and O–H groups in total. The Morgan fingerprint density at radius 3 is 2.89 bits per heavy atom. The fourth-order valence-electron chi connectivity index (χ4n) is 3.04. The number of aryl methyl sites for hydroxylation is 1. The Morgan fingerprint density at radius 1 is 1.43 bits per heavy atom. The molecule has 0 radical (unpaired) electrons. The zero-order chi connectivity index (χ0) is 19.2. The van der Waals surface area contributed by atoms with Crippen molar-refractivity contribution in [2.45, 2.75) is 39.0 Å². The number of guanidine groups is 1. The number of rotatable bonds is 6. The Bertz CT molecular complexity index is 790. The van der Waals surface area contributed by atoms with E-state index in [0.29, 0.717) is 19.6 Å². The third-order valence-electron chi connectivity index (χ3n) is 4.74. The molecule has 1 atom stereocenters. The van der Waals surface area contributed by atoms with Crippen LogP contribution >= 0.6 is 24.0 Å². The molecule has 7 nitrogen and oxygen atoms in total. The molecule has 0 amide bonds. The Balaban J connectivity index is 0.00000280. The number of aliphatic imine (C=N–C) groups is 1. The van der Waals surface area contributed by atoms with Crippen LogP contribution in [0.15, 0.2) is 29.3 Å². The highest BCUT2D eigenvalue weighted by atomic mass is 127. The second-order valence-corrected chi connectivity index (χ2v) is 6.86. The summed E-state index contributed by atoms with van der Waals surface area (Å²) in [6.07, 6.45) is 2.35. The van der Waals surface area contributed by atoms with Crippen LogP contribution in [0.4, 0.5) is 4.39 Å². The fraction of sp³-hybridized carbons (Fsp3) is 0.526. The minimum Gasteiger partial charge on any atom is -0.376 e. The normalized spacial score (nSPS) is 16.7. The van der Waals surface area contributed by atoms with E-state index in [4.69, 9.17) is 9.73 Å². The van der Waals surface area contributed by atoms with Gasteiger partial charge in [0.1, 0.15) is 18.2 Å². The maximum absolute atomic E-state index is 13.5. The average molecular weight is 502 g/mol. The van der Waals surface area contributed by atoms with Crippen LogP contribution in [0.5, 0.6) is 0 Å². The summed E-state index contributed by atoms with van der Waals surface area (Å²) in [5.74, 6) is 2.14. The number of hydrogen-bond acceptors (Lipinski definition) is 4. The number of halogens is 2. The van der Waals surface area contributed by atoms with Crippen LogP contribution in [0.1, 0.15) is 30.1 Å². The van der Waals surface area contributed by atoms with Crippen molar-refractivity contribution in [3.63, 3.8) is 0 Å². The van der Waals surface area contributed by atoms with Crippen LogP contribution < -0.4 is 5.32 Å². The first-order valence-electron chi connectivity index (χ1n) is 9.23. The molecule has 0 bridgehead atoms. The van der Waals surface area contributed by atoms with Crippen molar-refractivity contribution in [1.29, 1.82) is 0 Å². The van der Waals surface area contributed by atoms with Gasteiger partial charge in [-0.05, 0) is 37.5 Å². The molecule has 0 spiro atoms. The van der Waals surface area contributed by atoms with E-state index in [-0.39, 0.29) is 35.9 Å². The molecule has 1 aliphatic rings. The molecule has 1 aromatic carbocycles. The summed E-state index contributed by atoms with van der Waals surface area (Å²) in [7, 11) is 3.87. The topological polar surface area (TPSA) is 67.6 Å². The third kappa shape index (κ3) is 6.13. The third-order valence-corrected chi connectivity index (χ3v) is 4.74. The SMILES string of the molecule is Cc1nnc(CN=C(NCC2CCCO2)N(C)Cc2cccc(F)c2)n1C.I. The van der Waals surface area contributed by atoms with Gasteiger partial charge in [0.05, 0.1) is 6.10 Å². The second-order valence-electron chi connectivity index (χ2n) is 6.86. The van der Waals surface area contributed by atoms with Gasteiger partial charge in [-0.15, -0.1) is 34.2 Å². The number of benzene rings is 1. The molecule has 0 saturated carbocycles. The fourth-order valence-corrected chi connectivity index (χ4v) is 3.04. The molecule has 28 heavy (non-hydrogen) atoms. The van der Waals surface area contributed by atoms with E-state index in [2.05, 4.69) is 15.5 Å². The van der Waals surface area contributed by atoms with Gasteiger partial charge in [0, 0.05) is 33.8 Å². The Hall–Kier alpha value is -1.75. The molecular formula is C19H28FIN6O. The van der Waals surface area contributed by atoms with E-state index >= 15 is 0 Å². The van der Waals surface area contributed by atoms with Crippen LogP contribution in [-0.2, 0) is 24.9 Å². The quantitative estimate of drug-likeness (QED) is 0.374.